The first kappa shape index (κ1) is 16.8. The summed E-state index contributed by atoms with van der Waals surface area (Å²) in [5, 5.41) is 1.26. The summed E-state index contributed by atoms with van der Waals surface area (Å²) in [5.74, 6) is 0.374. The number of esters is 1. The molecular weight excluding hydrogens is 326 g/mol. The van der Waals surface area contributed by atoms with Crippen LogP contribution in [0.4, 0.5) is 0 Å². The van der Waals surface area contributed by atoms with E-state index in [2.05, 4.69) is 6.92 Å². The average molecular weight is 349 g/mol. The van der Waals surface area contributed by atoms with Crippen LogP contribution in [0.25, 0.3) is 21.8 Å². The van der Waals surface area contributed by atoms with Crippen molar-refractivity contribution in [2.45, 2.75) is 45.3 Å². The number of nitrogens with zero attached hydrogens (tertiary/aromatic N) is 1. The monoisotopic (exact) mass is 349 g/mol. The topological polar surface area (TPSA) is 48.3 Å². The maximum Gasteiger partial charge on any atom is 0.326 e. The van der Waals surface area contributed by atoms with Gasteiger partial charge in [0.2, 0.25) is 0 Å². The predicted octanol–water partition coefficient (Wildman–Crippen LogP) is 4.28. The molecule has 3 aromatic rings. The van der Waals surface area contributed by atoms with Gasteiger partial charge in [-0.15, -0.1) is 0 Å². The Balaban J connectivity index is 1.72. The lowest BCUT2D eigenvalue weighted by Crippen LogP contribution is -2.27. The maximum atomic E-state index is 12.7. The van der Waals surface area contributed by atoms with Crippen molar-refractivity contribution in [2.75, 3.05) is 0 Å². The SMILES string of the molecule is CC1CCCC(OC(=O)Cn2c3ccccc3c(=O)c3ccccc32)C1. The molecule has 1 heterocycles. The van der Waals surface area contributed by atoms with Gasteiger partial charge in [0, 0.05) is 10.8 Å². The van der Waals surface area contributed by atoms with Crippen LogP contribution in [0.5, 0.6) is 0 Å². The molecular formula is C22H23NO3. The number of hydrogen-bond acceptors (Lipinski definition) is 3. The van der Waals surface area contributed by atoms with Crippen LogP contribution in [0.3, 0.4) is 0 Å². The maximum absolute atomic E-state index is 12.7. The first-order valence-corrected chi connectivity index (χ1v) is 9.33. The van der Waals surface area contributed by atoms with Gasteiger partial charge in [-0.2, -0.15) is 0 Å². The van der Waals surface area contributed by atoms with Crippen molar-refractivity contribution >= 4 is 27.8 Å². The quantitative estimate of drug-likeness (QED) is 0.524. The van der Waals surface area contributed by atoms with Gasteiger partial charge in [0.05, 0.1) is 11.0 Å². The number of para-hydroxylation sites is 2. The molecule has 4 heteroatoms. The Kier molecular flexibility index (Phi) is 4.49. The molecule has 0 saturated heterocycles. The van der Waals surface area contributed by atoms with Gasteiger partial charge >= 0.3 is 5.97 Å². The van der Waals surface area contributed by atoms with Gasteiger partial charge in [-0.25, -0.2) is 0 Å². The minimum Gasteiger partial charge on any atom is -0.461 e. The van der Waals surface area contributed by atoms with E-state index >= 15 is 0 Å². The number of carbonyl (C=O) groups excluding carboxylic acids is 1. The van der Waals surface area contributed by atoms with E-state index < -0.39 is 0 Å². The molecule has 1 aliphatic carbocycles. The molecule has 4 nitrogen and oxygen atoms in total. The number of hydrogen-bond donors (Lipinski definition) is 0. The van der Waals surface area contributed by atoms with Crippen molar-refractivity contribution in [1.29, 1.82) is 0 Å². The lowest BCUT2D eigenvalue weighted by molar-refractivity contribution is -0.151. The summed E-state index contributed by atoms with van der Waals surface area (Å²) in [6.45, 7) is 2.33. The Morgan fingerprint density at radius 3 is 2.27 bits per heavy atom. The second-order valence-electron chi connectivity index (χ2n) is 7.33. The van der Waals surface area contributed by atoms with Gasteiger partial charge in [0.15, 0.2) is 5.43 Å². The molecule has 0 bridgehead atoms. The Labute approximate surface area is 152 Å². The minimum absolute atomic E-state index is 0.00178. The van der Waals surface area contributed by atoms with Crippen molar-refractivity contribution in [3.8, 4) is 0 Å². The average Bonchev–Trinajstić information content (AvgIpc) is 2.65. The zero-order chi connectivity index (χ0) is 18.1. The number of pyridine rings is 1. The summed E-state index contributed by atoms with van der Waals surface area (Å²) in [6.07, 6.45) is 4.23. The Bertz CT molecular complexity index is 961. The highest BCUT2D eigenvalue weighted by molar-refractivity contribution is 5.94. The number of rotatable bonds is 3. The van der Waals surface area contributed by atoms with E-state index in [-0.39, 0.29) is 24.0 Å². The van der Waals surface area contributed by atoms with Crippen LogP contribution in [-0.4, -0.2) is 16.6 Å². The molecule has 134 valence electrons. The van der Waals surface area contributed by atoms with Crippen molar-refractivity contribution in [3.05, 3.63) is 58.8 Å². The summed E-state index contributed by atoms with van der Waals surface area (Å²) >= 11 is 0. The molecule has 2 atom stereocenters. The zero-order valence-corrected chi connectivity index (χ0v) is 15.0. The Hall–Kier alpha value is -2.62. The highest BCUT2D eigenvalue weighted by atomic mass is 16.5. The van der Waals surface area contributed by atoms with E-state index in [1.807, 2.05) is 53.1 Å². The van der Waals surface area contributed by atoms with Crippen LogP contribution in [0.2, 0.25) is 0 Å². The molecule has 0 amide bonds. The Morgan fingerprint density at radius 1 is 1.04 bits per heavy atom. The van der Waals surface area contributed by atoms with Gasteiger partial charge in [0.1, 0.15) is 12.6 Å². The Morgan fingerprint density at radius 2 is 1.65 bits per heavy atom. The van der Waals surface area contributed by atoms with E-state index in [4.69, 9.17) is 4.74 Å². The van der Waals surface area contributed by atoms with E-state index in [0.717, 1.165) is 30.3 Å². The van der Waals surface area contributed by atoms with Crippen LogP contribution < -0.4 is 5.43 Å². The third kappa shape index (κ3) is 3.12. The molecule has 0 N–H and O–H groups in total. The molecule has 2 unspecified atom stereocenters. The standard InChI is InChI=1S/C22H23NO3/c1-15-7-6-8-16(13-15)26-21(24)14-23-19-11-4-2-9-17(19)22(25)18-10-3-5-12-20(18)23/h2-5,9-12,15-16H,6-8,13-14H2,1H3. The number of fused-ring (bicyclic) bond motifs is 2. The first-order chi connectivity index (χ1) is 12.6. The zero-order valence-electron chi connectivity index (χ0n) is 15.0. The van der Waals surface area contributed by atoms with Gasteiger partial charge in [0.25, 0.3) is 0 Å². The van der Waals surface area contributed by atoms with Crippen LogP contribution >= 0.6 is 0 Å². The summed E-state index contributed by atoms with van der Waals surface area (Å²) in [5.41, 5.74) is 1.54. The molecule has 1 fully saturated rings. The summed E-state index contributed by atoms with van der Waals surface area (Å²) in [4.78, 5) is 25.4. The molecule has 4 rings (SSSR count). The largest absolute Gasteiger partial charge is 0.461 e. The number of carbonyl (C=O) groups is 1. The highest BCUT2D eigenvalue weighted by Gasteiger charge is 2.23. The van der Waals surface area contributed by atoms with Crippen molar-refractivity contribution in [2.24, 2.45) is 5.92 Å². The molecule has 26 heavy (non-hydrogen) atoms. The second kappa shape index (κ2) is 6.94. The van der Waals surface area contributed by atoms with Crippen LogP contribution in [0, 0.1) is 5.92 Å². The van der Waals surface area contributed by atoms with Gasteiger partial charge in [-0.3, -0.25) is 9.59 Å². The van der Waals surface area contributed by atoms with Crippen molar-refractivity contribution in [1.82, 2.24) is 4.57 Å². The minimum atomic E-state index is -0.233. The lowest BCUT2D eigenvalue weighted by atomic mass is 9.89. The molecule has 1 aliphatic rings. The normalized spacial score (nSPS) is 20.3. The summed E-state index contributed by atoms with van der Waals surface area (Å²) < 4.78 is 7.66. The molecule has 0 radical (unpaired) electrons. The molecule has 2 aromatic carbocycles. The van der Waals surface area contributed by atoms with Gasteiger partial charge in [-0.1, -0.05) is 37.6 Å². The third-order valence-electron chi connectivity index (χ3n) is 5.35. The van der Waals surface area contributed by atoms with Crippen LogP contribution in [0.1, 0.15) is 32.6 Å². The fourth-order valence-corrected chi connectivity index (χ4v) is 4.09. The highest BCUT2D eigenvalue weighted by Crippen LogP contribution is 2.26. The number of ether oxygens (including phenoxy) is 1. The summed E-state index contributed by atoms with van der Waals surface area (Å²) in [7, 11) is 0. The number of aromatic nitrogens is 1. The lowest BCUT2D eigenvalue weighted by Gasteiger charge is -2.26. The van der Waals surface area contributed by atoms with E-state index in [0.29, 0.717) is 16.7 Å². The van der Waals surface area contributed by atoms with Gasteiger partial charge in [-0.05, 0) is 49.4 Å². The second-order valence-corrected chi connectivity index (χ2v) is 7.33. The van der Waals surface area contributed by atoms with Crippen molar-refractivity contribution in [3.63, 3.8) is 0 Å². The van der Waals surface area contributed by atoms with E-state index in [1.165, 1.54) is 6.42 Å². The molecule has 0 aliphatic heterocycles. The van der Waals surface area contributed by atoms with Crippen LogP contribution in [0.15, 0.2) is 53.3 Å². The van der Waals surface area contributed by atoms with E-state index in [1.54, 1.807) is 0 Å². The van der Waals surface area contributed by atoms with Gasteiger partial charge < -0.3 is 9.30 Å². The predicted molar refractivity (Wildman–Crippen MR) is 103 cm³/mol. The fraction of sp³-hybridized carbons (Fsp3) is 0.364. The summed E-state index contributed by atoms with van der Waals surface area (Å²) in [6, 6.07) is 14.9. The molecule has 0 spiro atoms. The number of benzene rings is 2. The molecule has 1 aromatic heterocycles. The molecule has 1 saturated carbocycles. The van der Waals surface area contributed by atoms with Crippen molar-refractivity contribution < 1.29 is 9.53 Å². The smallest absolute Gasteiger partial charge is 0.326 e. The fourth-order valence-electron chi connectivity index (χ4n) is 4.09. The first-order valence-electron chi connectivity index (χ1n) is 9.33. The van der Waals surface area contributed by atoms with E-state index in [9.17, 15) is 9.59 Å². The third-order valence-corrected chi connectivity index (χ3v) is 5.35. The van der Waals surface area contributed by atoms with Crippen LogP contribution in [-0.2, 0) is 16.1 Å².